The van der Waals surface area contributed by atoms with E-state index in [-0.39, 0.29) is 25.4 Å². The van der Waals surface area contributed by atoms with Crippen molar-refractivity contribution in [1.29, 1.82) is 0 Å². The second-order valence-electron chi connectivity index (χ2n) is 12.6. The highest BCUT2D eigenvalue weighted by molar-refractivity contribution is 5.68. The number of amides is 1. The molecule has 3 unspecified atom stereocenters. The van der Waals surface area contributed by atoms with Crippen molar-refractivity contribution >= 4 is 6.09 Å². The lowest BCUT2D eigenvalue weighted by molar-refractivity contribution is -0.253. The molecule has 1 aliphatic heterocycles. The zero-order valence-corrected chi connectivity index (χ0v) is 28.2. The molecule has 50 heavy (non-hydrogen) atoms. The van der Waals surface area contributed by atoms with Crippen LogP contribution in [0, 0.1) is 0 Å². The predicted molar refractivity (Wildman–Crippen MR) is 196 cm³/mol. The standard InChI is InChI=1S/C43H44N2O5/c1-2-24-48-43(47)44-27-35-14-9-15-39(25-35)36-20-22-38(23-21-36)42-49-40(26-41(50-42)37-18-16-34(31-46)17-19-37)30-45(28-32-10-5-3-6-11-32)29-33-12-7-4-8-13-33/h2-23,25,40-42,46H,1,24,26-31H2,(H,44,47). The molecule has 0 aliphatic carbocycles. The van der Waals surface area contributed by atoms with Crippen molar-refractivity contribution in [1.82, 2.24) is 10.2 Å². The van der Waals surface area contributed by atoms with Crippen LogP contribution in [-0.4, -0.2) is 35.4 Å². The molecule has 0 spiro atoms. The number of aliphatic hydroxyl groups excluding tert-OH is 1. The van der Waals surface area contributed by atoms with Crippen molar-refractivity contribution in [3.8, 4) is 11.1 Å². The van der Waals surface area contributed by atoms with Crippen molar-refractivity contribution in [2.75, 3.05) is 13.2 Å². The lowest BCUT2D eigenvalue weighted by atomic mass is 9.98. The van der Waals surface area contributed by atoms with Crippen molar-refractivity contribution in [3.63, 3.8) is 0 Å². The third kappa shape index (κ3) is 9.77. The van der Waals surface area contributed by atoms with Gasteiger partial charge in [0.2, 0.25) is 0 Å². The van der Waals surface area contributed by atoms with Gasteiger partial charge in [-0.25, -0.2) is 4.79 Å². The number of ether oxygens (including phenoxy) is 3. The summed E-state index contributed by atoms with van der Waals surface area (Å²) in [5, 5.41) is 12.4. The summed E-state index contributed by atoms with van der Waals surface area (Å²) in [6.07, 6.45) is 0.939. The van der Waals surface area contributed by atoms with Gasteiger partial charge in [-0.05, 0) is 45.0 Å². The number of hydrogen-bond acceptors (Lipinski definition) is 6. The summed E-state index contributed by atoms with van der Waals surface area (Å²) in [5.41, 5.74) is 8.44. The van der Waals surface area contributed by atoms with Crippen LogP contribution in [0.25, 0.3) is 11.1 Å². The Balaban J connectivity index is 1.21. The maximum absolute atomic E-state index is 11.9. The Morgan fingerprint density at radius 1 is 0.760 bits per heavy atom. The van der Waals surface area contributed by atoms with Crippen LogP contribution in [0.5, 0.6) is 0 Å². The summed E-state index contributed by atoms with van der Waals surface area (Å²) in [6.45, 7) is 6.44. The van der Waals surface area contributed by atoms with Crippen molar-refractivity contribution < 1.29 is 24.1 Å². The van der Waals surface area contributed by atoms with Gasteiger partial charge in [-0.1, -0.05) is 140 Å². The van der Waals surface area contributed by atoms with Gasteiger partial charge in [-0.15, -0.1) is 0 Å². The molecule has 1 saturated heterocycles. The van der Waals surface area contributed by atoms with E-state index in [2.05, 4.69) is 102 Å². The van der Waals surface area contributed by atoms with E-state index >= 15 is 0 Å². The number of rotatable bonds is 14. The topological polar surface area (TPSA) is 80.3 Å². The molecule has 3 atom stereocenters. The molecule has 1 amide bonds. The predicted octanol–water partition coefficient (Wildman–Crippen LogP) is 8.51. The maximum Gasteiger partial charge on any atom is 0.407 e. The molecule has 0 aromatic heterocycles. The molecular formula is C43H44N2O5. The first-order valence-electron chi connectivity index (χ1n) is 17.1. The highest BCUT2D eigenvalue weighted by Gasteiger charge is 2.33. The van der Waals surface area contributed by atoms with Crippen LogP contribution in [0.15, 0.2) is 146 Å². The number of benzene rings is 5. The van der Waals surface area contributed by atoms with Crippen LogP contribution in [-0.2, 0) is 40.5 Å². The summed E-state index contributed by atoms with van der Waals surface area (Å²) in [7, 11) is 0. The third-order valence-corrected chi connectivity index (χ3v) is 8.79. The number of hydrogen-bond donors (Lipinski definition) is 2. The minimum atomic E-state index is -0.558. The fourth-order valence-electron chi connectivity index (χ4n) is 6.24. The summed E-state index contributed by atoms with van der Waals surface area (Å²) >= 11 is 0. The molecule has 1 aliphatic rings. The fourth-order valence-corrected chi connectivity index (χ4v) is 6.24. The van der Waals surface area contributed by atoms with Gasteiger partial charge in [0, 0.05) is 38.2 Å². The maximum atomic E-state index is 11.9. The molecule has 256 valence electrons. The van der Waals surface area contributed by atoms with Crippen LogP contribution >= 0.6 is 0 Å². The summed E-state index contributed by atoms with van der Waals surface area (Å²) < 4.78 is 18.4. The fraction of sp³-hybridized carbons (Fsp3) is 0.233. The van der Waals surface area contributed by atoms with Gasteiger partial charge < -0.3 is 24.6 Å². The first kappa shape index (κ1) is 34.8. The third-order valence-electron chi connectivity index (χ3n) is 8.79. The van der Waals surface area contributed by atoms with Gasteiger partial charge in [-0.2, -0.15) is 0 Å². The van der Waals surface area contributed by atoms with E-state index in [0.29, 0.717) is 13.0 Å². The number of alkyl carbamates (subject to hydrolysis) is 1. The van der Waals surface area contributed by atoms with Crippen LogP contribution in [0.3, 0.4) is 0 Å². The van der Waals surface area contributed by atoms with Gasteiger partial charge in [0.15, 0.2) is 6.29 Å². The first-order valence-corrected chi connectivity index (χ1v) is 17.1. The normalized spacial score (nSPS) is 17.3. The zero-order chi connectivity index (χ0) is 34.5. The highest BCUT2D eigenvalue weighted by atomic mass is 16.7. The van der Waals surface area contributed by atoms with E-state index in [1.54, 1.807) is 0 Å². The van der Waals surface area contributed by atoms with Crippen molar-refractivity contribution in [2.45, 2.75) is 51.2 Å². The zero-order valence-electron chi connectivity index (χ0n) is 28.2. The summed E-state index contributed by atoms with van der Waals surface area (Å²) in [5.74, 6) is 0. The van der Waals surface area contributed by atoms with Crippen LogP contribution in [0.2, 0.25) is 0 Å². The Morgan fingerprint density at radius 3 is 2.04 bits per heavy atom. The highest BCUT2D eigenvalue weighted by Crippen LogP contribution is 2.39. The van der Waals surface area contributed by atoms with Gasteiger partial charge >= 0.3 is 6.09 Å². The molecule has 0 radical (unpaired) electrons. The molecule has 1 fully saturated rings. The Kier molecular flexibility index (Phi) is 12.2. The molecule has 1 heterocycles. The molecule has 5 aromatic rings. The smallest absolute Gasteiger partial charge is 0.407 e. The van der Waals surface area contributed by atoms with Gasteiger partial charge in [0.05, 0.1) is 18.8 Å². The second-order valence-corrected chi connectivity index (χ2v) is 12.6. The first-order chi connectivity index (χ1) is 24.6. The van der Waals surface area contributed by atoms with Gasteiger partial charge in [-0.3, -0.25) is 4.90 Å². The van der Waals surface area contributed by atoms with E-state index in [1.807, 2.05) is 48.5 Å². The Labute approximate surface area is 294 Å². The monoisotopic (exact) mass is 668 g/mol. The van der Waals surface area contributed by atoms with E-state index in [9.17, 15) is 9.90 Å². The van der Waals surface area contributed by atoms with E-state index in [0.717, 1.165) is 53.0 Å². The summed E-state index contributed by atoms with van der Waals surface area (Å²) in [6, 6.07) is 45.5. The SMILES string of the molecule is C=CCOC(=O)NCc1cccc(-c2ccc(C3OC(CN(Cc4ccccc4)Cc4ccccc4)CC(c4ccc(CO)cc4)O3)cc2)c1. The molecule has 7 nitrogen and oxygen atoms in total. The number of nitrogens with one attached hydrogen (secondary N) is 1. The Bertz CT molecular complexity index is 1750. The van der Waals surface area contributed by atoms with E-state index in [4.69, 9.17) is 14.2 Å². The molecule has 7 heteroatoms. The quantitative estimate of drug-likeness (QED) is 0.116. The molecular weight excluding hydrogens is 624 g/mol. The van der Waals surface area contributed by atoms with Crippen LogP contribution in [0.1, 0.15) is 52.2 Å². The minimum absolute atomic E-state index is 0.00212. The minimum Gasteiger partial charge on any atom is -0.445 e. The number of aliphatic hydroxyl groups is 1. The lowest BCUT2D eigenvalue weighted by Crippen LogP contribution is -2.39. The van der Waals surface area contributed by atoms with Crippen LogP contribution in [0.4, 0.5) is 4.79 Å². The average molecular weight is 669 g/mol. The average Bonchev–Trinajstić information content (AvgIpc) is 3.17. The van der Waals surface area contributed by atoms with Crippen LogP contribution < -0.4 is 5.32 Å². The summed E-state index contributed by atoms with van der Waals surface area (Å²) in [4.78, 5) is 14.3. The van der Waals surface area contributed by atoms with Crippen molar-refractivity contribution in [2.24, 2.45) is 0 Å². The van der Waals surface area contributed by atoms with E-state index in [1.165, 1.54) is 17.2 Å². The second kappa shape index (κ2) is 17.6. The van der Waals surface area contributed by atoms with Crippen molar-refractivity contribution in [3.05, 3.63) is 179 Å². The molecule has 0 bridgehead atoms. The van der Waals surface area contributed by atoms with E-state index < -0.39 is 12.4 Å². The number of carbonyl (C=O) groups excluding carboxylic acids is 1. The molecule has 6 rings (SSSR count). The largest absolute Gasteiger partial charge is 0.445 e. The lowest BCUT2D eigenvalue weighted by Gasteiger charge is -2.38. The molecule has 0 saturated carbocycles. The number of nitrogens with zero attached hydrogens (tertiary/aromatic N) is 1. The molecule has 5 aromatic carbocycles. The molecule has 2 N–H and O–H groups in total. The van der Waals surface area contributed by atoms with Gasteiger partial charge in [0.1, 0.15) is 6.61 Å². The van der Waals surface area contributed by atoms with Gasteiger partial charge in [0.25, 0.3) is 0 Å². The Morgan fingerprint density at radius 2 is 1.40 bits per heavy atom. The Hall–Kier alpha value is -5.05. The number of carbonyl (C=O) groups is 1.